The first-order chi connectivity index (χ1) is 7.27. The fourth-order valence-corrected chi connectivity index (χ4v) is 2.25. The second-order valence-electron chi connectivity index (χ2n) is 4.12. The third-order valence-electron chi connectivity index (χ3n) is 2.86. The van der Waals surface area contributed by atoms with Gasteiger partial charge in [-0.3, -0.25) is 14.7 Å². The normalized spacial score (nSPS) is 21.8. The highest BCUT2D eigenvalue weighted by molar-refractivity contribution is 5.77. The average molecular weight is 204 g/mol. The second kappa shape index (κ2) is 4.53. The lowest BCUT2D eigenvalue weighted by Gasteiger charge is -2.23. The summed E-state index contributed by atoms with van der Waals surface area (Å²) in [6, 6.07) is 4.44. The predicted molar refractivity (Wildman–Crippen MR) is 58.5 cm³/mol. The van der Waals surface area contributed by atoms with Crippen molar-refractivity contribution in [3.63, 3.8) is 0 Å². The molecule has 0 aliphatic carbocycles. The van der Waals surface area contributed by atoms with Crippen LogP contribution in [0.15, 0.2) is 24.5 Å². The van der Waals surface area contributed by atoms with Gasteiger partial charge in [-0.1, -0.05) is 6.07 Å². The molecule has 0 radical (unpaired) electrons. The summed E-state index contributed by atoms with van der Waals surface area (Å²) in [6.45, 7) is 3.25. The number of aromatic nitrogens is 1. The zero-order valence-corrected chi connectivity index (χ0v) is 9.02. The van der Waals surface area contributed by atoms with E-state index in [4.69, 9.17) is 0 Å². The maximum atomic E-state index is 11.1. The lowest BCUT2D eigenvalue weighted by molar-refractivity contribution is -0.118. The van der Waals surface area contributed by atoms with Gasteiger partial charge in [-0.15, -0.1) is 0 Å². The van der Waals surface area contributed by atoms with Crippen molar-refractivity contribution in [1.82, 2.24) is 9.88 Å². The smallest absolute Gasteiger partial charge is 0.143 e. The highest BCUT2D eigenvalue weighted by atomic mass is 16.1. The van der Waals surface area contributed by atoms with E-state index in [2.05, 4.69) is 16.0 Å². The molecule has 1 atom stereocenters. The first-order valence-corrected chi connectivity index (χ1v) is 5.41. The Morgan fingerprint density at radius 1 is 1.67 bits per heavy atom. The summed E-state index contributed by atoms with van der Waals surface area (Å²) in [5.41, 5.74) is 1.23. The monoisotopic (exact) mass is 204 g/mol. The van der Waals surface area contributed by atoms with Crippen LogP contribution in [0.25, 0.3) is 0 Å². The molecule has 0 bridgehead atoms. The molecule has 1 fully saturated rings. The standard InChI is InChI=1S/C12H16N2O/c1-10(15)9-14-7-3-5-12(14)11-4-2-6-13-8-11/h2,4,6,8,12H,3,5,7,9H2,1H3. The third kappa shape index (κ3) is 2.42. The summed E-state index contributed by atoms with van der Waals surface area (Å²) in [5.74, 6) is 0.241. The fraction of sp³-hybridized carbons (Fsp3) is 0.500. The minimum absolute atomic E-state index is 0.241. The van der Waals surface area contributed by atoms with Crippen molar-refractivity contribution in [2.24, 2.45) is 0 Å². The van der Waals surface area contributed by atoms with Gasteiger partial charge in [0.05, 0.1) is 6.54 Å². The third-order valence-corrected chi connectivity index (χ3v) is 2.86. The maximum Gasteiger partial charge on any atom is 0.143 e. The van der Waals surface area contributed by atoms with E-state index in [1.165, 1.54) is 12.0 Å². The Hall–Kier alpha value is -1.22. The number of hydrogen-bond donors (Lipinski definition) is 0. The van der Waals surface area contributed by atoms with E-state index in [1.54, 1.807) is 13.1 Å². The number of nitrogens with zero attached hydrogens (tertiary/aromatic N) is 2. The van der Waals surface area contributed by atoms with Crippen molar-refractivity contribution in [3.05, 3.63) is 30.1 Å². The summed E-state index contributed by atoms with van der Waals surface area (Å²) in [5, 5.41) is 0. The van der Waals surface area contributed by atoms with Crippen molar-refractivity contribution in [1.29, 1.82) is 0 Å². The van der Waals surface area contributed by atoms with Crippen molar-refractivity contribution < 1.29 is 4.79 Å². The van der Waals surface area contributed by atoms with Gasteiger partial charge in [-0.2, -0.15) is 0 Å². The van der Waals surface area contributed by atoms with E-state index >= 15 is 0 Å². The topological polar surface area (TPSA) is 33.2 Å². The van der Waals surface area contributed by atoms with Gasteiger partial charge in [0.2, 0.25) is 0 Å². The lowest BCUT2D eigenvalue weighted by atomic mass is 10.1. The molecule has 0 aromatic carbocycles. The Balaban J connectivity index is 2.11. The van der Waals surface area contributed by atoms with Crippen LogP contribution in [0.1, 0.15) is 31.4 Å². The maximum absolute atomic E-state index is 11.1. The average Bonchev–Trinajstić information content (AvgIpc) is 2.66. The van der Waals surface area contributed by atoms with Crippen molar-refractivity contribution in [2.75, 3.05) is 13.1 Å². The Morgan fingerprint density at radius 3 is 3.20 bits per heavy atom. The van der Waals surface area contributed by atoms with Crippen molar-refractivity contribution in [2.45, 2.75) is 25.8 Å². The molecule has 0 spiro atoms. The Labute approximate surface area is 90.1 Å². The predicted octanol–water partition coefficient (Wildman–Crippen LogP) is 1.81. The fourth-order valence-electron chi connectivity index (χ4n) is 2.25. The molecule has 3 heteroatoms. The quantitative estimate of drug-likeness (QED) is 0.752. The molecule has 2 rings (SSSR count). The second-order valence-corrected chi connectivity index (χ2v) is 4.12. The molecule has 1 unspecified atom stereocenters. The Kier molecular flexibility index (Phi) is 3.11. The number of ketones is 1. The number of carbonyl (C=O) groups excluding carboxylic acids is 1. The molecule has 0 N–H and O–H groups in total. The van der Waals surface area contributed by atoms with Gasteiger partial charge in [-0.25, -0.2) is 0 Å². The lowest BCUT2D eigenvalue weighted by Crippen LogP contribution is -2.28. The van der Waals surface area contributed by atoms with Gasteiger partial charge < -0.3 is 0 Å². The number of Topliss-reactive ketones (excluding diaryl/α,β-unsaturated/α-hetero) is 1. The number of pyridine rings is 1. The van der Waals surface area contributed by atoms with E-state index in [0.717, 1.165) is 13.0 Å². The molecule has 3 nitrogen and oxygen atoms in total. The van der Waals surface area contributed by atoms with Gasteiger partial charge in [0.1, 0.15) is 5.78 Å². The SMILES string of the molecule is CC(=O)CN1CCCC1c1cccnc1. The summed E-state index contributed by atoms with van der Waals surface area (Å²) in [6.07, 6.45) is 6.00. The number of rotatable bonds is 3. The molecule has 15 heavy (non-hydrogen) atoms. The molecule has 0 saturated carbocycles. The van der Waals surface area contributed by atoms with Crippen LogP contribution < -0.4 is 0 Å². The van der Waals surface area contributed by atoms with E-state index in [1.807, 2.05) is 12.3 Å². The van der Waals surface area contributed by atoms with Crippen LogP contribution >= 0.6 is 0 Å². The van der Waals surface area contributed by atoms with Crippen LogP contribution in [-0.2, 0) is 4.79 Å². The zero-order valence-electron chi connectivity index (χ0n) is 9.02. The molecule has 80 valence electrons. The Bertz CT molecular complexity index is 337. The van der Waals surface area contributed by atoms with Gasteiger partial charge >= 0.3 is 0 Å². The number of likely N-dealkylation sites (tertiary alicyclic amines) is 1. The van der Waals surface area contributed by atoms with Crippen LogP contribution in [-0.4, -0.2) is 28.8 Å². The van der Waals surface area contributed by atoms with E-state index in [0.29, 0.717) is 12.6 Å². The largest absolute Gasteiger partial charge is 0.299 e. The first kappa shape index (κ1) is 10.3. The van der Waals surface area contributed by atoms with Gasteiger partial charge in [0.25, 0.3) is 0 Å². The number of carbonyl (C=O) groups is 1. The van der Waals surface area contributed by atoms with Crippen LogP contribution in [0.3, 0.4) is 0 Å². The molecule has 0 amide bonds. The van der Waals surface area contributed by atoms with Crippen LogP contribution in [0, 0.1) is 0 Å². The number of hydrogen-bond acceptors (Lipinski definition) is 3. The molecule has 1 saturated heterocycles. The van der Waals surface area contributed by atoms with Gasteiger partial charge in [0.15, 0.2) is 0 Å². The molecule has 1 aliphatic rings. The molecule has 2 heterocycles. The van der Waals surface area contributed by atoms with Crippen molar-refractivity contribution >= 4 is 5.78 Å². The molecular weight excluding hydrogens is 188 g/mol. The first-order valence-electron chi connectivity index (χ1n) is 5.41. The molecule has 1 aromatic rings. The minimum Gasteiger partial charge on any atom is -0.299 e. The van der Waals surface area contributed by atoms with E-state index in [-0.39, 0.29) is 5.78 Å². The van der Waals surface area contributed by atoms with Crippen LogP contribution in [0.2, 0.25) is 0 Å². The minimum atomic E-state index is 0.241. The van der Waals surface area contributed by atoms with Gasteiger partial charge in [0, 0.05) is 18.4 Å². The van der Waals surface area contributed by atoms with E-state index < -0.39 is 0 Å². The molecule has 1 aromatic heterocycles. The highest BCUT2D eigenvalue weighted by Gasteiger charge is 2.26. The zero-order chi connectivity index (χ0) is 10.7. The molecular formula is C12H16N2O. The Morgan fingerprint density at radius 2 is 2.53 bits per heavy atom. The highest BCUT2D eigenvalue weighted by Crippen LogP contribution is 2.30. The summed E-state index contributed by atoms with van der Waals surface area (Å²) in [4.78, 5) is 17.5. The van der Waals surface area contributed by atoms with Crippen LogP contribution in [0.4, 0.5) is 0 Å². The van der Waals surface area contributed by atoms with Crippen molar-refractivity contribution in [3.8, 4) is 0 Å². The summed E-state index contributed by atoms with van der Waals surface area (Å²) in [7, 11) is 0. The molecule has 1 aliphatic heterocycles. The van der Waals surface area contributed by atoms with E-state index in [9.17, 15) is 4.79 Å². The van der Waals surface area contributed by atoms with Gasteiger partial charge in [-0.05, 0) is 37.9 Å². The summed E-state index contributed by atoms with van der Waals surface area (Å²) >= 11 is 0. The van der Waals surface area contributed by atoms with Crippen LogP contribution in [0.5, 0.6) is 0 Å². The summed E-state index contributed by atoms with van der Waals surface area (Å²) < 4.78 is 0.